The summed E-state index contributed by atoms with van der Waals surface area (Å²) >= 11 is 0. The quantitative estimate of drug-likeness (QED) is 0.520. The molecular formula is C20H18F2N2O5. The van der Waals surface area contributed by atoms with E-state index in [0.29, 0.717) is 16.8 Å². The SMILES string of the molecule is C[C@@H](OC(=O)/C=C/c1ccc(OC(F)F)cc1)C(=O)Nc1ccc(C(N)=O)cc1. The number of alkyl halides is 2. The molecule has 0 unspecified atom stereocenters. The van der Waals surface area contributed by atoms with Gasteiger partial charge in [0.1, 0.15) is 5.75 Å². The zero-order valence-electron chi connectivity index (χ0n) is 15.3. The summed E-state index contributed by atoms with van der Waals surface area (Å²) in [6.45, 7) is -1.52. The highest BCUT2D eigenvalue weighted by Gasteiger charge is 2.16. The summed E-state index contributed by atoms with van der Waals surface area (Å²) in [4.78, 5) is 35.0. The number of nitrogens with two attached hydrogens (primary N) is 1. The molecule has 0 saturated carbocycles. The van der Waals surface area contributed by atoms with E-state index in [1.54, 1.807) is 0 Å². The summed E-state index contributed by atoms with van der Waals surface area (Å²) in [6, 6.07) is 11.5. The van der Waals surface area contributed by atoms with E-state index in [4.69, 9.17) is 10.5 Å². The van der Waals surface area contributed by atoms with Crippen LogP contribution >= 0.6 is 0 Å². The Balaban J connectivity index is 1.86. The third kappa shape index (κ3) is 7.06. The van der Waals surface area contributed by atoms with E-state index in [1.165, 1.54) is 61.5 Å². The lowest BCUT2D eigenvalue weighted by Crippen LogP contribution is -2.29. The molecule has 9 heteroatoms. The molecule has 2 amide bonds. The number of anilines is 1. The van der Waals surface area contributed by atoms with Crippen molar-refractivity contribution in [1.29, 1.82) is 0 Å². The third-order valence-corrected chi connectivity index (χ3v) is 3.62. The normalized spacial score (nSPS) is 11.9. The molecule has 0 fully saturated rings. The molecule has 2 rings (SSSR count). The fourth-order valence-electron chi connectivity index (χ4n) is 2.15. The van der Waals surface area contributed by atoms with Crippen molar-refractivity contribution in [3.63, 3.8) is 0 Å². The van der Waals surface area contributed by atoms with Crippen LogP contribution in [0.25, 0.3) is 6.08 Å². The van der Waals surface area contributed by atoms with Gasteiger partial charge in [0.15, 0.2) is 6.10 Å². The fourth-order valence-corrected chi connectivity index (χ4v) is 2.15. The lowest BCUT2D eigenvalue weighted by molar-refractivity contribution is -0.148. The summed E-state index contributed by atoms with van der Waals surface area (Å²) < 4.78 is 33.4. The maximum atomic E-state index is 12.1. The molecule has 0 aliphatic rings. The van der Waals surface area contributed by atoms with Crippen LogP contribution in [-0.4, -0.2) is 30.5 Å². The van der Waals surface area contributed by atoms with Gasteiger partial charge in [-0.25, -0.2) is 4.79 Å². The van der Waals surface area contributed by atoms with Gasteiger partial charge in [-0.05, 0) is 55.0 Å². The van der Waals surface area contributed by atoms with Gasteiger partial charge in [0.05, 0.1) is 0 Å². The van der Waals surface area contributed by atoms with Gasteiger partial charge in [-0.1, -0.05) is 12.1 Å². The smallest absolute Gasteiger partial charge is 0.387 e. The van der Waals surface area contributed by atoms with E-state index in [2.05, 4.69) is 10.1 Å². The Morgan fingerprint density at radius 1 is 1.03 bits per heavy atom. The molecule has 0 saturated heterocycles. The Labute approximate surface area is 165 Å². The zero-order chi connectivity index (χ0) is 21.4. The number of nitrogens with one attached hydrogen (secondary N) is 1. The number of hydrogen-bond donors (Lipinski definition) is 2. The minimum Gasteiger partial charge on any atom is -0.449 e. The fraction of sp³-hybridized carbons (Fsp3) is 0.150. The van der Waals surface area contributed by atoms with Crippen molar-refractivity contribution < 1.29 is 32.6 Å². The second-order valence-corrected chi connectivity index (χ2v) is 5.79. The van der Waals surface area contributed by atoms with E-state index in [9.17, 15) is 23.2 Å². The number of primary amides is 1. The first-order chi connectivity index (χ1) is 13.7. The second kappa shape index (κ2) is 9.98. The van der Waals surface area contributed by atoms with Crippen molar-refractivity contribution in [1.82, 2.24) is 0 Å². The molecule has 0 aliphatic carbocycles. The Morgan fingerprint density at radius 2 is 1.66 bits per heavy atom. The summed E-state index contributed by atoms with van der Waals surface area (Å²) in [5.41, 5.74) is 6.39. The molecule has 0 aromatic heterocycles. The molecule has 1 atom stereocenters. The van der Waals surface area contributed by atoms with Gasteiger partial charge in [-0.2, -0.15) is 8.78 Å². The highest BCUT2D eigenvalue weighted by molar-refractivity contribution is 5.97. The number of rotatable bonds is 8. The Kier molecular flexibility index (Phi) is 7.41. The van der Waals surface area contributed by atoms with Crippen LogP contribution in [-0.2, 0) is 14.3 Å². The molecule has 2 aromatic carbocycles. The topological polar surface area (TPSA) is 108 Å². The highest BCUT2D eigenvalue weighted by Crippen LogP contribution is 2.16. The van der Waals surface area contributed by atoms with Crippen LogP contribution in [0.1, 0.15) is 22.8 Å². The van der Waals surface area contributed by atoms with Gasteiger partial charge in [0.25, 0.3) is 5.91 Å². The first-order valence-electron chi connectivity index (χ1n) is 8.39. The molecular weight excluding hydrogens is 386 g/mol. The number of hydrogen-bond acceptors (Lipinski definition) is 5. The van der Waals surface area contributed by atoms with Crippen LogP contribution in [0.5, 0.6) is 5.75 Å². The Hall–Kier alpha value is -3.75. The number of carbonyl (C=O) groups is 3. The predicted molar refractivity (Wildman–Crippen MR) is 101 cm³/mol. The van der Waals surface area contributed by atoms with Crippen LogP contribution in [0.2, 0.25) is 0 Å². The van der Waals surface area contributed by atoms with Crippen molar-refractivity contribution >= 4 is 29.5 Å². The lowest BCUT2D eigenvalue weighted by atomic mass is 10.2. The summed E-state index contributed by atoms with van der Waals surface area (Å²) in [5.74, 6) is -1.92. The zero-order valence-corrected chi connectivity index (χ0v) is 15.3. The summed E-state index contributed by atoms with van der Waals surface area (Å²) in [7, 11) is 0. The molecule has 0 heterocycles. The molecule has 29 heavy (non-hydrogen) atoms. The molecule has 0 aliphatic heterocycles. The van der Waals surface area contributed by atoms with E-state index >= 15 is 0 Å². The largest absolute Gasteiger partial charge is 0.449 e. The van der Waals surface area contributed by atoms with Crippen molar-refractivity contribution in [3.8, 4) is 5.75 Å². The Bertz CT molecular complexity index is 896. The van der Waals surface area contributed by atoms with Crippen LogP contribution in [0.4, 0.5) is 14.5 Å². The molecule has 3 N–H and O–H groups in total. The Morgan fingerprint density at radius 3 is 2.21 bits per heavy atom. The van der Waals surface area contributed by atoms with Gasteiger partial charge >= 0.3 is 12.6 Å². The van der Waals surface area contributed by atoms with Crippen LogP contribution in [0.3, 0.4) is 0 Å². The monoisotopic (exact) mass is 404 g/mol. The third-order valence-electron chi connectivity index (χ3n) is 3.62. The van der Waals surface area contributed by atoms with Gasteiger partial charge < -0.3 is 20.5 Å². The molecule has 0 radical (unpaired) electrons. The standard InChI is InChI=1S/C20H18F2N2O5/c1-12(19(27)24-15-7-5-14(6-8-15)18(23)26)28-17(25)11-4-13-2-9-16(10-3-13)29-20(21)22/h2-12,20H,1H3,(H2,23,26)(H,24,27)/b11-4+/t12-/m1/s1. The predicted octanol–water partition coefficient (Wildman–Crippen LogP) is 2.97. The van der Waals surface area contributed by atoms with Gasteiger partial charge in [-0.15, -0.1) is 0 Å². The van der Waals surface area contributed by atoms with E-state index < -0.39 is 30.5 Å². The molecule has 2 aromatic rings. The molecule has 152 valence electrons. The van der Waals surface area contributed by atoms with E-state index in [0.717, 1.165) is 6.08 Å². The van der Waals surface area contributed by atoms with E-state index in [1.807, 2.05) is 0 Å². The summed E-state index contributed by atoms with van der Waals surface area (Å²) in [6.07, 6.45) is 1.43. The van der Waals surface area contributed by atoms with Crippen LogP contribution in [0, 0.1) is 0 Å². The van der Waals surface area contributed by atoms with Crippen molar-refractivity contribution in [2.24, 2.45) is 5.73 Å². The summed E-state index contributed by atoms with van der Waals surface area (Å²) in [5, 5.41) is 2.54. The number of amides is 2. The van der Waals surface area contributed by atoms with Crippen LogP contribution in [0.15, 0.2) is 54.6 Å². The maximum absolute atomic E-state index is 12.1. The molecule has 7 nitrogen and oxygen atoms in total. The number of benzene rings is 2. The average Bonchev–Trinajstić information content (AvgIpc) is 2.67. The molecule has 0 spiro atoms. The van der Waals surface area contributed by atoms with Gasteiger partial charge in [-0.3, -0.25) is 9.59 Å². The van der Waals surface area contributed by atoms with E-state index in [-0.39, 0.29) is 5.75 Å². The molecule has 0 bridgehead atoms. The van der Waals surface area contributed by atoms with Crippen molar-refractivity contribution in [2.45, 2.75) is 19.6 Å². The number of halogens is 2. The maximum Gasteiger partial charge on any atom is 0.387 e. The number of carbonyl (C=O) groups excluding carboxylic acids is 3. The number of ether oxygens (including phenoxy) is 2. The van der Waals surface area contributed by atoms with Gasteiger partial charge in [0, 0.05) is 17.3 Å². The highest BCUT2D eigenvalue weighted by atomic mass is 19.3. The first-order valence-corrected chi connectivity index (χ1v) is 8.39. The lowest BCUT2D eigenvalue weighted by Gasteiger charge is -2.12. The van der Waals surface area contributed by atoms with Gasteiger partial charge in [0.2, 0.25) is 5.91 Å². The van der Waals surface area contributed by atoms with Crippen molar-refractivity contribution in [2.75, 3.05) is 5.32 Å². The second-order valence-electron chi connectivity index (χ2n) is 5.79. The van der Waals surface area contributed by atoms with Crippen molar-refractivity contribution in [3.05, 3.63) is 65.7 Å². The van der Waals surface area contributed by atoms with Crippen LogP contribution < -0.4 is 15.8 Å². The average molecular weight is 404 g/mol. The minimum atomic E-state index is -2.92. The number of esters is 1. The first kappa shape index (κ1) is 21.5. The minimum absolute atomic E-state index is 0.00567.